The van der Waals surface area contributed by atoms with Crippen LogP contribution in [0.2, 0.25) is 0 Å². The Morgan fingerprint density at radius 2 is 2.04 bits per heavy atom. The summed E-state index contributed by atoms with van der Waals surface area (Å²) in [7, 11) is 0. The zero-order chi connectivity index (χ0) is 18.7. The molecular formula is C23H33NO2. The fourth-order valence-electron chi connectivity index (χ4n) is 4.75. The molecular weight excluding hydrogens is 322 g/mol. The number of hydrogen-bond donors (Lipinski definition) is 0. The number of carbonyl (C=O) groups is 2. The molecule has 1 aromatic carbocycles. The predicted octanol–water partition coefficient (Wildman–Crippen LogP) is 4.54. The second-order valence-electron chi connectivity index (χ2n) is 8.57. The molecule has 1 saturated carbocycles. The summed E-state index contributed by atoms with van der Waals surface area (Å²) in [6, 6.07) is 8.80. The average molecular weight is 356 g/mol. The molecule has 3 nitrogen and oxygen atoms in total. The van der Waals surface area contributed by atoms with Crippen molar-refractivity contribution in [3.8, 4) is 0 Å². The average Bonchev–Trinajstić information content (AvgIpc) is 3.21. The highest BCUT2D eigenvalue weighted by Crippen LogP contribution is 2.44. The zero-order valence-electron chi connectivity index (χ0n) is 16.5. The number of benzene rings is 1. The zero-order valence-corrected chi connectivity index (χ0v) is 16.5. The maximum absolute atomic E-state index is 12.0. The van der Waals surface area contributed by atoms with Crippen LogP contribution in [0.4, 0.5) is 0 Å². The van der Waals surface area contributed by atoms with E-state index in [0.29, 0.717) is 24.8 Å². The molecule has 142 valence electrons. The summed E-state index contributed by atoms with van der Waals surface area (Å²) in [5.41, 5.74) is 2.15. The van der Waals surface area contributed by atoms with Crippen LogP contribution < -0.4 is 0 Å². The number of hydrogen-bond acceptors (Lipinski definition) is 3. The third-order valence-corrected chi connectivity index (χ3v) is 6.42. The molecule has 1 unspecified atom stereocenters. The van der Waals surface area contributed by atoms with Crippen molar-refractivity contribution in [1.82, 2.24) is 4.90 Å². The van der Waals surface area contributed by atoms with E-state index in [4.69, 9.17) is 0 Å². The summed E-state index contributed by atoms with van der Waals surface area (Å²) >= 11 is 0. The van der Waals surface area contributed by atoms with Crippen LogP contribution in [0.25, 0.3) is 0 Å². The number of fused-ring (bicyclic) bond motifs is 2. The van der Waals surface area contributed by atoms with E-state index in [1.54, 1.807) is 0 Å². The van der Waals surface area contributed by atoms with Crippen LogP contribution in [0.1, 0.15) is 68.8 Å². The first-order chi connectivity index (χ1) is 12.5. The molecule has 2 fully saturated rings. The first kappa shape index (κ1) is 19.3. The lowest BCUT2D eigenvalue weighted by Gasteiger charge is -2.31. The Labute approximate surface area is 158 Å². The van der Waals surface area contributed by atoms with Gasteiger partial charge in [0.15, 0.2) is 5.78 Å². The Morgan fingerprint density at radius 3 is 2.69 bits per heavy atom. The molecule has 26 heavy (non-hydrogen) atoms. The molecule has 2 aliphatic rings. The molecule has 1 aliphatic heterocycles. The van der Waals surface area contributed by atoms with Gasteiger partial charge in [0, 0.05) is 30.5 Å². The fourth-order valence-corrected chi connectivity index (χ4v) is 4.75. The second kappa shape index (κ2) is 8.47. The standard InChI is InChI=1S/C23H33NO2/c1-4-22(25)19-10-6-8-17(11-19)7-5-9-18-12-21-13-20(18)14-24(21)15-23(26)16(2)3/h6,8,10-11,16,18,20-21H,4-5,7,9,12-15H2,1-3H3/t18?,20-,21+/m0/s1. The lowest BCUT2D eigenvalue weighted by atomic mass is 9.88. The number of likely N-dealkylation sites (tertiary alicyclic amines) is 1. The number of carbonyl (C=O) groups excluding carboxylic acids is 2. The molecule has 3 atom stereocenters. The van der Waals surface area contributed by atoms with Crippen LogP contribution in [-0.2, 0) is 11.2 Å². The lowest BCUT2D eigenvalue weighted by molar-refractivity contribution is -0.123. The van der Waals surface area contributed by atoms with Crippen LogP contribution in [0, 0.1) is 17.8 Å². The van der Waals surface area contributed by atoms with Crippen molar-refractivity contribution in [3.63, 3.8) is 0 Å². The van der Waals surface area contributed by atoms with Crippen molar-refractivity contribution < 1.29 is 9.59 Å². The largest absolute Gasteiger partial charge is 0.298 e. The summed E-state index contributed by atoms with van der Waals surface area (Å²) in [4.78, 5) is 26.3. The fraction of sp³-hybridized carbons (Fsp3) is 0.652. The Hall–Kier alpha value is -1.48. The second-order valence-corrected chi connectivity index (χ2v) is 8.57. The molecule has 1 aromatic rings. The van der Waals surface area contributed by atoms with Crippen LogP contribution in [0.5, 0.6) is 0 Å². The maximum atomic E-state index is 12.0. The molecule has 3 heteroatoms. The molecule has 0 N–H and O–H groups in total. The van der Waals surface area contributed by atoms with E-state index in [9.17, 15) is 9.59 Å². The van der Waals surface area contributed by atoms with Crippen LogP contribution in [0.15, 0.2) is 24.3 Å². The minimum Gasteiger partial charge on any atom is -0.298 e. The number of ketones is 2. The van der Waals surface area contributed by atoms with Crippen molar-refractivity contribution in [1.29, 1.82) is 0 Å². The third kappa shape index (κ3) is 4.43. The molecule has 2 bridgehead atoms. The maximum Gasteiger partial charge on any atom is 0.162 e. The number of rotatable bonds is 9. The topological polar surface area (TPSA) is 37.4 Å². The highest BCUT2D eigenvalue weighted by atomic mass is 16.1. The molecule has 0 amide bonds. The number of nitrogens with zero attached hydrogens (tertiary/aromatic N) is 1. The van der Waals surface area contributed by atoms with Gasteiger partial charge in [0.1, 0.15) is 5.78 Å². The van der Waals surface area contributed by atoms with Crippen molar-refractivity contribution in [3.05, 3.63) is 35.4 Å². The number of piperidine rings is 1. The van der Waals surface area contributed by atoms with E-state index in [-0.39, 0.29) is 11.7 Å². The highest BCUT2D eigenvalue weighted by molar-refractivity contribution is 5.95. The molecule has 0 radical (unpaired) electrons. The smallest absolute Gasteiger partial charge is 0.162 e. The monoisotopic (exact) mass is 355 g/mol. The van der Waals surface area contributed by atoms with E-state index in [1.165, 1.54) is 31.2 Å². The molecule has 0 spiro atoms. The van der Waals surface area contributed by atoms with E-state index in [2.05, 4.69) is 17.0 Å². The van der Waals surface area contributed by atoms with E-state index >= 15 is 0 Å². The van der Waals surface area contributed by atoms with Gasteiger partial charge >= 0.3 is 0 Å². The molecule has 1 saturated heterocycles. The van der Waals surface area contributed by atoms with Gasteiger partial charge in [0.25, 0.3) is 0 Å². The van der Waals surface area contributed by atoms with Gasteiger partial charge in [0.05, 0.1) is 6.54 Å². The van der Waals surface area contributed by atoms with Crippen molar-refractivity contribution in [2.24, 2.45) is 17.8 Å². The van der Waals surface area contributed by atoms with Gasteiger partial charge in [-0.05, 0) is 55.6 Å². The molecule has 0 aromatic heterocycles. The van der Waals surface area contributed by atoms with Gasteiger partial charge in [-0.25, -0.2) is 0 Å². The van der Waals surface area contributed by atoms with Crippen LogP contribution in [-0.4, -0.2) is 35.6 Å². The SMILES string of the molecule is CCC(=O)c1cccc(CCCC2C[C@@H]3C[C@H]2CN3CC(=O)C(C)C)c1. The Kier molecular flexibility index (Phi) is 6.29. The number of aryl methyl sites for hydroxylation is 1. The van der Waals surface area contributed by atoms with E-state index < -0.39 is 0 Å². The van der Waals surface area contributed by atoms with Gasteiger partial charge in [0.2, 0.25) is 0 Å². The van der Waals surface area contributed by atoms with E-state index in [1.807, 2.05) is 32.9 Å². The Balaban J connectivity index is 1.44. The first-order valence-electron chi connectivity index (χ1n) is 10.4. The molecule has 3 rings (SSSR count). The molecule has 1 aliphatic carbocycles. The predicted molar refractivity (Wildman–Crippen MR) is 105 cm³/mol. The summed E-state index contributed by atoms with van der Waals surface area (Å²) in [5, 5.41) is 0. The molecule has 1 heterocycles. The van der Waals surface area contributed by atoms with Gasteiger partial charge in [-0.2, -0.15) is 0 Å². The van der Waals surface area contributed by atoms with Crippen molar-refractivity contribution in [2.75, 3.05) is 13.1 Å². The first-order valence-corrected chi connectivity index (χ1v) is 10.4. The van der Waals surface area contributed by atoms with Gasteiger partial charge in [-0.3, -0.25) is 14.5 Å². The summed E-state index contributed by atoms with van der Waals surface area (Å²) in [6.45, 7) is 7.70. The van der Waals surface area contributed by atoms with Crippen molar-refractivity contribution >= 4 is 11.6 Å². The van der Waals surface area contributed by atoms with Gasteiger partial charge < -0.3 is 0 Å². The third-order valence-electron chi connectivity index (χ3n) is 6.42. The summed E-state index contributed by atoms with van der Waals surface area (Å²) < 4.78 is 0. The van der Waals surface area contributed by atoms with E-state index in [0.717, 1.165) is 30.4 Å². The van der Waals surface area contributed by atoms with Gasteiger partial charge in [-0.15, -0.1) is 0 Å². The van der Waals surface area contributed by atoms with Gasteiger partial charge in [-0.1, -0.05) is 39.0 Å². The Bertz CT molecular complexity index is 651. The summed E-state index contributed by atoms with van der Waals surface area (Å²) in [5.74, 6) is 2.38. The minimum atomic E-state index is 0.153. The summed E-state index contributed by atoms with van der Waals surface area (Å²) in [6.07, 6.45) is 6.67. The highest BCUT2D eigenvalue weighted by Gasteiger charge is 2.44. The lowest BCUT2D eigenvalue weighted by Crippen LogP contribution is -2.40. The van der Waals surface area contributed by atoms with Crippen LogP contribution in [0.3, 0.4) is 0 Å². The quantitative estimate of drug-likeness (QED) is 0.610. The minimum absolute atomic E-state index is 0.153. The Morgan fingerprint density at radius 1 is 1.23 bits per heavy atom. The van der Waals surface area contributed by atoms with Crippen molar-refractivity contribution in [2.45, 2.75) is 65.3 Å². The van der Waals surface area contributed by atoms with Crippen LogP contribution >= 0.6 is 0 Å². The number of Topliss-reactive ketones (excluding diaryl/α,β-unsaturated/α-hetero) is 2. The normalized spacial score (nSPS) is 25.2.